The van der Waals surface area contributed by atoms with E-state index in [1.807, 2.05) is 36.4 Å². The predicted molar refractivity (Wildman–Crippen MR) is 116 cm³/mol. The largest absolute Gasteiger partial charge is 0.346 e. The number of carbonyl (C=O) groups excluding carboxylic acids is 1. The van der Waals surface area contributed by atoms with Crippen LogP contribution >= 0.6 is 11.3 Å². The standard InChI is InChI=1S/C23H22N4OS/c24-14-15-1-2-16-3-4-17(19(16)11-15)12-21(28)18-5-6-20-22(13-18)29-23(26-20)27-9-7-25-8-10-27/h1-2,5-6,11,13,17,25H,3-4,7-10,12H2/t17-/m1/s1. The van der Waals surface area contributed by atoms with Crippen molar-refractivity contribution in [3.8, 4) is 6.07 Å². The van der Waals surface area contributed by atoms with Gasteiger partial charge in [0.15, 0.2) is 10.9 Å². The van der Waals surface area contributed by atoms with Crippen molar-refractivity contribution in [1.82, 2.24) is 10.3 Å². The number of nitrogens with one attached hydrogen (secondary N) is 1. The Labute approximate surface area is 174 Å². The number of Topliss-reactive ketones (excluding diaryl/α,β-unsaturated/α-hetero) is 1. The van der Waals surface area contributed by atoms with Gasteiger partial charge >= 0.3 is 0 Å². The third kappa shape index (κ3) is 3.52. The van der Waals surface area contributed by atoms with Crippen LogP contribution in [0, 0.1) is 11.3 Å². The molecule has 5 nitrogen and oxygen atoms in total. The third-order valence-corrected chi connectivity index (χ3v) is 7.07. The molecule has 2 aromatic carbocycles. The lowest BCUT2D eigenvalue weighted by Gasteiger charge is -2.26. The number of piperazine rings is 1. The number of aromatic nitrogens is 1. The summed E-state index contributed by atoms with van der Waals surface area (Å²) in [7, 11) is 0. The van der Waals surface area contributed by atoms with E-state index in [1.165, 1.54) is 11.1 Å². The summed E-state index contributed by atoms with van der Waals surface area (Å²) in [4.78, 5) is 20.1. The molecule has 1 aliphatic heterocycles. The summed E-state index contributed by atoms with van der Waals surface area (Å²) in [5.74, 6) is 0.378. The Hall–Kier alpha value is -2.75. The van der Waals surface area contributed by atoms with Crippen molar-refractivity contribution < 1.29 is 4.79 Å². The molecule has 2 aliphatic rings. The zero-order chi connectivity index (χ0) is 19.8. The highest BCUT2D eigenvalue weighted by Gasteiger charge is 2.26. The van der Waals surface area contributed by atoms with Gasteiger partial charge in [0.25, 0.3) is 0 Å². The average Bonchev–Trinajstić information content (AvgIpc) is 3.37. The van der Waals surface area contributed by atoms with E-state index in [-0.39, 0.29) is 11.7 Å². The number of thiazole rings is 1. The summed E-state index contributed by atoms with van der Waals surface area (Å²) in [5, 5.41) is 13.6. The topological polar surface area (TPSA) is 69.0 Å². The van der Waals surface area contributed by atoms with Gasteiger partial charge < -0.3 is 10.2 Å². The van der Waals surface area contributed by atoms with E-state index in [9.17, 15) is 10.1 Å². The molecule has 1 aliphatic carbocycles. The molecular weight excluding hydrogens is 380 g/mol. The lowest BCUT2D eigenvalue weighted by molar-refractivity contribution is 0.0973. The first-order chi connectivity index (χ1) is 14.2. The summed E-state index contributed by atoms with van der Waals surface area (Å²) in [5.41, 5.74) is 4.86. The van der Waals surface area contributed by atoms with Crippen molar-refractivity contribution in [1.29, 1.82) is 5.26 Å². The van der Waals surface area contributed by atoms with Crippen LogP contribution in [0.4, 0.5) is 5.13 Å². The monoisotopic (exact) mass is 402 g/mol. The van der Waals surface area contributed by atoms with Crippen LogP contribution in [0.2, 0.25) is 0 Å². The van der Waals surface area contributed by atoms with Crippen LogP contribution in [0.1, 0.15) is 45.8 Å². The number of rotatable bonds is 4. The minimum absolute atomic E-state index is 0.171. The van der Waals surface area contributed by atoms with Crippen LogP contribution in [0.3, 0.4) is 0 Å². The van der Waals surface area contributed by atoms with Crippen LogP contribution in [0.5, 0.6) is 0 Å². The zero-order valence-electron chi connectivity index (χ0n) is 16.1. The van der Waals surface area contributed by atoms with E-state index >= 15 is 0 Å². The van der Waals surface area contributed by atoms with E-state index in [0.717, 1.165) is 59.9 Å². The highest BCUT2D eigenvalue weighted by molar-refractivity contribution is 7.22. The number of hydrogen-bond acceptors (Lipinski definition) is 6. The molecule has 146 valence electrons. The maximum absolute atomic E-state index is 13.0. The van der Waals surface area contributed by atoms with Gasteiger partial charge in [-0.15, -0.1) is 0 Å². The van der Waals surface area contributed by atoms with Gasteiger partial charge in [-0.2, -0.15) is 5.26 Å². The van der Waals surface area contributed by atoms with Crippen LogP contribution in [-0.2, 0) is 6.42 Å². The number of nitrogens with zero attached hydrogens (tertiary/aromatic N) is 3. The Bertz CT molecular complexity index is 1120. The normalized spacial score (nSPS) is 18.6. The quantitative estimate of drug-likeness (QED) is 0.671. The van der Waals surface area contributed by atoms with Gasteiger partial charge in [-0.3, -0.25) is 4.79 Å². The van der Waals surface area contributed by atoms with Gasteiger partial charge in [0, 0.05) is 38.2 Å². The van der Waals surface area contributed by atoms with Gasteiger partial charge in [0.05, 0.1) is 21.8 Å². The minimum Gasteiger partial charge on any atom is -0.346 e. The molecule has 3 aromatic rings. The van der Waals surface area contributed by atoms with Gasteiger partial charge in [-0.05, 0) is 60.2 Å². The van der Waals surface area contributed by atoms with Crippen molar-refractivity contribution >= 4 is 32.5 Å². The SMILES string of the molecule is N#Cc1ccc2c(c1)[C@@H](CC(=O)c1ccc3nc(N4CCNCC4)sc3c1)CC2. The van der Waals surface area contributed by atoms with Gasteiger partial charge in [-0.1, -0.05) is 17.4 Å². The summed E-state index contributed by atoms with van der Waals surface area (Å²) < 4.78 is 1.07. The summed E-state index contributed by atoms with van der Waals surface area (Å²) in [6, 6.07) is 14.0. The molecule has 0 saturated carbocycles. The second kappa shape index (κ2) is 7.58. The summed E-state index contributed by atoms with van der Waals surface area (Å²) in [6.07, 6.45) is 2.46. The first kappa shape index (κ1) is 18.3. The smallest absolute Gasteiger partial charge is 0.186 e. The summed E-state index contributed by atoms with van der Waals surface area (Å²) in [6.45, 7) is 3.90. The highest BCUT2D eigenvalue weighted by Crippen LogP contribution is 2.37. The predicted octanol–water partition coefficient (Wildman–Crippen LogP) is 3.88. The molecule has 1 N–H and O–H groups in total. The van der Waals surface area contributed by atoms with Crippen LogP contribution < -0.4 is 10.2 Å². The molecule has 1 atom stereocenters. The first-order valence-corrected chi connectivity index (χ1v) is 11.0. The number of benzene rings is 2. The molecule has 1 aromatic heterocycles. The minimum atomic E-state index is 0.171. The van der Waals surface area contributed by atoms with Crippen molar-refractivity contribution in [3.63, 3.8) is 0 Å². The van der Waals surface area contributed by atoms with E-state index in [4.69, 9.17) is 4.98 Å². The first-order valence-electron chi connectivity index (χ1n) is 10.1. The second-order valence-corrected chi connectivity index (χ2v) is 8.81. The van der Waals surface area contributed by atoms with E-state index in [2.05, 4.69) is 16.3 Å². The van der Waals surface area contributed by atoms with Crippen LogP contribution in [0.15, 0.2) is 36.4 Å². The highest BCUT2D eigenvalue weighted by atomic mass is 32.1. The van der Waals surface area contributed by atoms with Gasteiger partial charge in [-0.25, -0.2) is 4.98 Å². The lowest BCUT2D eigenvalue weighted by atomic mass is 9.92. The van der Waals surface area contributed by atoms with Crippen molar-refractivity contribution in [2.24, 2.45) is 0 Å². The number of nitriles is 1. The maximum Gasteiger partial charge on any atom is 0.186 e. The van der Waals surface area contributed by atoms with Crippen molar-refractivity contribution in [2.45, 2.75) is 25.2 Å². The molecule has 0 unspecified atom stereocenters. The Kier molecular flexibility index (Phi) is 4.78. The number of anilines is 1. The van der Waals surface area contributed by atoms with E-state index in [0.29, 0.717) is 12.0 Å². The number of fused-ring (bicyclic) bond motifs is 2. The zero-order valence-corrected chi connectivity index (χ0v) is 17.0. The molecule has 1 saturated heterocycles. The number of ketones is 1. The fourth-order valence-corrected chi connectivity index (χ4v) is 5.44. The Morgan fingerprint density at radius 3 is 2.93 bits per heavy atom. The molecule has 0 radical (unpaired) electrons. The number of aryl methyl sites for hydroxylation is 1. The number of carbonyl (C=O) groups is 1. The Morgan fingerprint density at radius 2 is 2.10 bits per heavy atom. The van der Waals surface area contributed by atoms with E-state index < -0.39 is 0 Å². The molecule has 5 rings (SSSR count). The number of hydrogen-bond donors (Lipinski definition) is 1. The Balaban J connectivity index is 1.36. The molecule has 0 spiro atoms. The molecular formula is C23H22N4OS. The molecule has 1 fully saturated rings. The fourth-order valence-electron chi connectivity index (χ4n) is 4.39. The second-order valence-electron chi connectivity index (χ2n) is 7.80. The van der Waals surface area contributed by atoms with Crippen molar-refractivity contribution in [3.05, 3.63) is 58.7 Å². The molecule has 6 heteroatoms. The molecule has 0 amide bonds. The van der Waals surface area contributed by atoms with Crippen LogP contribution in [-0.4, -0.2) is 36.9 Å². The third-order valence-electron chi connectivity index (χ3n) is 6.00. The van der Waals surface area contributed by atoms with Gasteiger partial charge in [0.1, 0.15) is 0 Å². The molecule has 0 bridgehead atoms. The van der Waals surface area contributed by atoms with Gasteiger partial charge in [0.2, 0.25) is 0 Å². The maximum atomic E-state index is 13.0. The summed E-state index contributed by atoms with van der Waals surface area (Å²) >= 11 is 1.67. The van der Waals surface area contributed by atoms with Crippen molar-refractivity contribution in [2.75, 3.05) is 31.1 Å². The molecule has 29 heavy (non-hydrogen) atoms. The Morgan fingerprint density at radius 1 is 1.24 bits per heavy atom. The average molecular weight is 403 g/mol. The van der Waals surface area contributed by atoms with E-state index in [1.54, 1.807) is 11.3 Å². The lowest BCUT2D eigenvalue weighted by Crippen LogP contribution is -2.43. The molecule has 2 heterocycles. The fraction of sp³-hybridized carbons (Fsp3) is 0.348. The van der Waals surface area contributed by atoms with Crippen LogP contribution in [0.25, 0.3) is 10.2 Å².